The maximum absolute atomic E-state index is 13.4. The van der Waals surface area contributed by atoms with E-state index in [9.17, 15) is 4.39 Å². The first kappa shape index (κ1) is 10.3. The zero-order chi connectivity index (χ0) is 11.1. The van der Waals surface area contributed by atoms with Gasteiger partial charge in [0.2, 0.25) is 5.89 Å². The quantitative estimate of drug-likeness (QED) is 0.773. The Morgan fingerprint density at radius 2 is 2.31 bits per heavy atom. The minimum Gasteiger partial charge on any atom is -0.447 e. The maximum atomic E-state index is 13.4. The summed E-state index contributed by atoms with van der Waals surface area (Å²) in [5.41, 5.74) is 0.909. The van der Waals surface area contributed by atoms with Gasteiger partial charge in [-0.05, 0) is 39.2 Å². The normalized spacial score (nSPS) is 35.2. The Morgan fingerprint density at radius 3 is 2.88 bits per heavy atom. The van der Waals surface area contributed by atoms with Gasteiger partial charge in [0.25, 0.3) is 0 Å². The molecule has 1 aliphatic heterocycles. The molecule has 1 saturated heterocycles. The SMILES string of the molecule is Cc1coc(C2CCCN2C2CCC2F)n1. The summed E-state index contributed by atoms with van der Waals surface area (Å²) < 4.78 is 18.9. The molecule has 0 amide bonds. The average Bonchev–Trinajstić information content (AvgIpc) is 2.85. The number of oxazole rings is 1. The fourth-order valence-corrected chi connectivity index (χ4v) is 2.79. The van der Waals surface area contributed by atoms with E-state index in [2.05, 4.69) is 9.88 Å². The number of nitrogens with zero attached hydrogens (tertiary/aromatic N) is 2. The van der Waals surface area contributed by atoms with Crippen LogP contribution in [0.3, 0.4) is 0 Å². The second kappa shape index (κ2) is 3.84. The molecule has 1 aromatic rings. The minimum atomic E-state index is -0.642. The molecule has 88 valence electrons. The van der Waals surface area contributed by atoms with Crippen LogP contribution in [0.4, 0.5) is 4.39 Å². The van der Waals surface area contributed by atoms with Gasteiger partial charge in [0, 0.05) is 6.04 Å². The monoisotopic (exact) mass is 224 g/mol. The summed E-state index contributed by atoms with van der Waals surface area (Å²) in [4.78, 5) is 6.63. The Bertz CT molecular complexity index is 379. The van der Waals surface area contributed by atoms with Crippen LogP contribution in [0.5, 0.6) is 0 Å². The van der Waals surface area contributed by atoms with Crippen molar-refractivity contribution in [2.24, 2.45) is 0 Å². The van der Waals surface area contributed by atoms with Gasteiger partial charge < -0.3 is 4.42 Å². The van der Waals surface area contributed by atoms with Gasteiger partial charge in [-0.15, -0.1) is 0 Å². The number of hydrogen-bond donors (Lipinski definition) is 0. The van der Waals surface area contributed by atoms with E-state index in [1.165, 1.54) is 0 Å². The lowest BCUT2D eigenvalue weighted by molar-refractivity contribution is 0.0198. The van der Waals surface area contributed by atoms with E-state index in [0.717, 1.165) is 43.8 Å². The van der Waals surface area contributed by atoms with Crippen molar-refractivity contribution in [1.29, 1.82) is 0 Å². The third-order valence-corrected chi connectivity index (χ3v) is 3.80. The molecule has 1 saturated carbocycles. The largest absolute Gasteiger partial charge is 0.447 e. The predicted molar refractivity (Wildman–Crippen MR) is 57.8 cm³/mol. The van der Waals surface area contributed by atoms with Crippen molar-refractivity contribution in [2.75, 3.05) is 6.54 Å². The van der Waals surface area contributed by atoms with Crippen molar-refractivity contribution in [3.8, 4) is 0 Å². The highest BCUT2D eigenvalue weighted by Gasteiger charge is 2.42. The van der Waals surface area contributed by atoms with Crippen LogP contribution in [0.15, 0.2) is 10.7 Å². The van der Waals surface area contributed by atoms with E-state index < -0.39 is 6.17 Å². The van der Waals surface area contributed by atoms with Gasteiger partial charge in [0.15, 0.2) is 0 Å². The van der Waals surface area contributed by atoms with Crippen molar-refractivity contribution in [1.82, 2.24) is 9.88 Å². The summed E-state index contributed by atoms with van der Waals surface area (Å²) >= 11 is 0. The first-order chi connectivity index (χ1) is 7.75. The third-order valence-electron chi connectivity index (χ3n) is 3.80. The zero-order valence-electron chi connectivity index (χ0n) is 9.53. The van der Waals surface area contributed by atoms with E-state index >= 15 is 0 Å². The predicted octanol–water partition coefficient (Wildman–Crippen LogP) is 2.62. The van der Waals surface area contributed by atoms with Crippen LogP contribution >= 0.6 is 0 Å². The van der Waals surface area contributed by atoms with Gasteiger partial charge in [-0.2, -0.15) is 0 Å². The highest BCUT2D eigenvalue weighted by Crippen LogP contribution is 2.39. The van der Waals surface area contributed by atoms with E-state index in [1.807, 2.05) is 6.92 Å². The van der Waals surface area contributed by atoms with Crippen molar-refractivity contribution in [2.45, 2.75) is 50.9 Å². The Kier molecular flexibility index (Phi) is 2.46. The van der Waals surface area contributed by atoms with Crippen LogP contribution in [0.25, 0.3) is 0 Å². The molecule has 0 aromatic carbocycles. The highest BCUT2D eigenvalue weighted by atomic mass is 19.1. The smallest absolute Gasteiger partial charge is 0.211 e. The summed E-state index contributed by atoms with van der Waals surface area (Å²) in [7, 11) is 0. The van der Waals surface area contributed by atoms with Crippen LogP contribution < -0.4 is 0 Å². The molecule has 2 fully saturated rings. The lowest BCUT2D eigenvalue weighted by Crippen LogP contribution is -2.48. The molecule has 3 unspecified atom stereocenters. The molecule has 0 N–H and O–H groups in total. The Morgan fingerprint density at radius 1 is 1.44 bits per heavy atom. The molecule has 0 spiro atoms. The summed E-state index contributed by atoms with van der Waals surface area (Å²) in [5, 5.41) is 0. The molecular weight excluding hydrogens is 207 g/mol. The second-order valence-electron chi connectivity index (χ2n) is 4.88. The van der Waals surface area contributed by atoms with Crippen LogP contribution in [0, 0.1) is 6.92 Å². The lowest BCUT2D eigenvalue weighted by atomic mass is 9.88. The van der Waals surface area contributed by atoms with Gasteiger partial charge >= 0.3 is 0 Å². The number of aromatic nitrogens is 1. The van der Waals surface area contributed by atoms with Gasteiger partial charge in [-0.1, -0.05) is 0 Å². The number of likely N-dealkylation sites (tertiary alicyclic amines) is 1. The molecule has 3 atom stereocenters. The minimum absolute atomic E-state index is 0.111. The summed E-state index contributed by atoms with van der Waals surface area (Å²) in [6, 6.07) is 0.317. The van der Waals surface area contributed by atoms with E-state index in [-0.39, 0.29) is 12.1 Å². The van der Waals surface area contributed by atoms with Gasteiger partial charge in [-0.25, -0.2) is 9.37 Å². The van der Waals surface area contributed by atoms with Crippen molar-refractivity contribution in [3.05, 3.63) is 17.8 Å². The molecule has 0 radical (unpaired) electrons. The standard InChI is InChI=1S/C12H17FN2O/c1-8-7-16-12(14-8)11-3-2-6-15(11)10-5-4-9(10)13/h7,9-11H,2-6H2,1H3. The van der Waals surface area contributed by atoms with Crippen molar-refractivity contribution < 1.29 is 8.81 Å². The first-order valence-electron chi connectivity index (χ1n) is 6.07. The Hall–Kier alpha value is -0.900. The fourth-order valence-electron chi connectivity index (χ4n) is 2.79. The maximum Gasteiger partial charge on any atom is 0.211 e. The Balaban J connectivity index is 1.78. The van der Waals surface area contributed by atoms with Crippen LogP contribution in [0.1, 0.15) is 43.3 Å². The summed E-state index contributed by atoms with van der Waals surface area (Å²) in [5.74, 6) is 0.772. The van der Waals surface area contributed by atoms with Crippen molar-refractivity contribution >= 4 is 0 Å². The number of rotatable bonds is 2. The number of alkyl halides is 1. The number of hydrogen-bond acceptors (Lipinski definition) is 3. The van der Waals surface area contributed by atoms with Crippen LogP contribution in [0.2, 0.25) is 0 Å². The Labute approximate surface area is 94.6 Å². The molecule has 1 aliphatic carbocycles. The topological polar surface area (TPSA) is 29.3 Å². The molecule has 3 rings (SSSR count). The molecule has 0 bridgehead atoms. The molecule has 1 aromatic heterocycles. The molecule has 3 nitrogen and oxygen atoms in total. The average molecular weight is 224 g/mol. The van der Waals surface area contributed by atoms with Crippen molar-refractivity contribution in [3.63, 3.8) is 0 Å². The van der Waals surface area contributed by atoms with E-state index in [1.54, 1.807) is 6.26 Å². The molecule has 2 aliphatic rings. The van der Waals surface area contributed by atoms with Gasteiger partial charge in [0.1, 0.15) is 12.4 Å². The molecule has 4 heteroatoms. The second-order valence-corrected chi connectivity index (χ2v) is 4.88. The molecule has 16 heavy (non-hydrogen) atoms. The molecular formula is C12H17FN2O. The number of aryl methyl sites for hydroxylation is 1. The summed E-state index contributed by atoms with van der Waals surface area (Å²) in [6.07, 6.45) is 4.91. The third kappa shape index (κ3) is 1.56. The van der Waals surface area contributed by atoms with Gasteiger partial charge in [-0.3, -0.25) is 4.90 Å². The number of halogens is 1. The highest BCUT2D eigenvalue weighted by molar-refractivity contribution is 5.04. The zero-order valence-corrected chi connectivity index (χ0v) is 9.53. The van der Waals surface area contributed by atoms with Gasteiger partial charge in [0.05, 0.1) is 11.7 Å². The fraction of sp³-hybridized carbons (Fsp3) is 0.750. The van der Waals surface area contributed by atoms with Crippen LogP contribution in [-0.2, 0) is 0 Å². The van der Waals surface area contributed by atoms with Crippen LogP contribution in [-0.4, -0.2) is 28.6 Å². The summed E-state index contributed by atoms with van der Waals surface area (Å²) in [6.45, 7) is 2.91. The first-order valence-corrected chi connectivity index (χ1v) is 6.07. The lowest BCUT2D eigenvalue weighted by Gasteiger charge is -2.40. The molecule has 2 heterocycles. The van der Waals surface area contributed by atoms with E-state index in [4.69, 9.17) is 4.42 Å². The van der Waals surface area contributed by atoms with E-state index in [0.29, 0.717) is 0 Å².